The first-order valence-electron chi connectivity index (χ1n) is 3.45. The van der Waals surface area contributed by atoms with Crippen molar-refractivity contribution in [2.24, 2.45) is 0 Å². The standard InChI is InChI=1S/C8H6ClNOS/c1-4(11)6-2-7-8(10-6)5(9)3-12-7/h2-3,10H,1H3. The number of ketones is 1. The van der Waals surface area contributed by atoms with E-state index < -0.39 is 0 Å². The van der Waals surface area contributed by atoms with Gasteiger partial charge >= 0.3 is 0 Å². The molecule has 0 bridgehead atoms. The highest BCUT2D eigenvalue weighted by molar-refractivity contribution is 7.17. The highest BCUT2D eigenvalue weighted by atomic mass is 35.5. The summed E-state index contributed by atoms with van der Waals surface area (Å²) in [5.41, 5.74) is 1.49. The molecule has 0 spiro atoms. The number of hydrogen-bond donors (Lipinski definition) is 1. The first kappa shape index (κ1) is 7.83. The second kappa shape index (κ2) is 2.61. The Morgan fingerprint density at radius 1 is 1.67 bits per heavy atom. The fourth-order valence-electron chi connectivity index (χ4n) is 1.07. The average molecular weight is 200 g/mol. The molecular weight excluding hydrogens is 194 g/mol. The molecule has 1 N–H and O–H groups in total. The van der Waals surface area contributed by atoms with E-state index in [1.165, 1.54) is 18.3 Å². The Balaban J connectivity index is 2.70. The minimum Gasteiger partial charge on any atom is -0.350 e. The smallest absolute Gasteiger partial charge is 0.175 e. The Hall–Kier alpha value is -0.800. The molecule has 0 aliphatic rings. The van der Waals surface area contributed by atoms with Gasteiger partial charge in [0.05, 0.1) is 20.9 Å². The number of fused-ring (bicyclic) bond motifs is 1. The minimum atomic E-state index is 0.0365. The van der Waals surface area contributed by atoms with Gasteiger partial charge in [0.15, 0.2) is 5.78 Å². The van der Waals surface area contributed by atoms with E-state index in [0.717, 1.165) is 10.2 Å². The predicted octanol–water partition coefficient (Wildman–Crippen LogP) is 3.09. The van der Waals surface area contributed by atoms with Crippen LogP contribution in [0.25, 0.3) is 10.2 Å². The van der Waals surface area contributed by atoms with Crippen LogP contribution >= 0.6 is 22.9 Å². The first-order valence-corrected chi connectivity index (χ1v) is 4.71. The van der Waals surface area contributed by atoms with Crippen LogP contribution in [-0.4, -0.2) is 10.8 Å². The van der Waals surface area contributed by atoms with Crippen LogP contribution in [0.5, 0.6) is 0 Å². The predicted molar refractivity (Wildman–Crippen MR) is 51.2 cm³/mol. The van der Waals surface area contributed by atoms with Crippen molar-refractivity contribution in [1.29, 1.82) is 0 Å². The van der Waals surface area contributed by atoms with Crippen LogP contribution in [-0.2, 0) is 0 Å². The number of nitrogens with one attached hydrogen (secondary N) is 1. The number of rotatable bonds is 1. The Morgan fingerprint density at radius 3 is 3.00 bits per heavy atom. The molecule has 0 amide bonds. The Bertz CT molecular complexity index is 443. The molecule has 0 saturated carbocycles. The number of halogens is 1. The van der Waals surface area contributed by atoms with E-state index in [1.54, 1.807) is 0 Å². The van der Waals surface area contributed by atoms with Gasteiger partial charge in [-0.2, -0.15) is 0 Å². The fourth-order valence-corrected chi connectivity index (χ4v) is 2.22. The lowest BCUT2D eigenvalue weighted by atomic mass is 10.3. The average Bonchev–Trinajstić information content (AvgIpc) is 2.53. The summed E-state index contributed by atoms with van der Waals surface area (Å²) in [7, 11) is 0. The highest BCUT2D eigenvalue weighted by Gasteiger charge is 2.08. The zero-order valence-corrected chi connectivity index (χ0v) is 7.92. The molecule has 0 saturated heterocycles. The van der Waals surface area contributed by atoms with Crippen LogP contribution in [0, 0.1) is 0 Å². The molecule has 12 heavy (non-hydrogen) atoms. The second-order valence-electron chi connectivity index (χ2n) is 2.56. The quantitative estimate of drug-likeness (QED) is 0.704. The van der Waals surface area contributed by atoms with Crippen LogP contribution < -0.4 is 0 Å². The van der Waals surface area contributed by atoms with Gasteiger partial charge in [0.1, 0.15) is 0 Å². The molecule has 0 aliphatic heterocycles. The third kappa shape index (κ3) is 1.06. The molecule has 4 heteroatoms. The summed E-state index contributed by atoms with van der Waals surface area (Å²) in [5, 5.41) is 2.54. The maximum absolute atomic E-state index is 11.0. The summed E-state index contributed by atoms with van der Waals surface area (Å²) >= 11 is 7.40. The van der Waals surface area contributed by atoms with Crippen LogP contribution in [0.1, 0.15) is 17.4 Å². The maximum Gasteiger partial charge on any atom is 0.175 e. The highest BCUT2D eigenvalue weighted by Crippen LogP contribution is 2.29. The lowest BCUT2D eigenvalue weighted by Gasteiger charge is -1.85. The number of carbonyl (C=O) groups excluding carboxylic acids is 1. The van der Waals surface area contributed by atoms with Crippen LogP contribution in [0.15, 0.2) is 11.4 Å². The van der Waals surface area contributed by atoms with Crippen molar-refractivity contribution < 1.29 is 4.79 Å². The molecule has 0 fully saturated rings. The minimum absolute atomic E-state index is 0.0365. The monoisotopic (exact) mass is 199 g/mol. The number of hydrogen-bond acceptors (Lipinski definition) is 2. The summed E-state index contributed by atoms with van der Waals surface area (Å²) in [6.07, 6.45) is 0. The second-order valence-corrected chi connectivity index (χ2v) is 3.88. The van der Waals surface area contributed by atoms with Gasteiger partial charge < -0.3 is 4.98 Å². The van der Waals surface area contributed by atoms with Crippen molar-refractivity contribution in [2.45, 2.75) is 6.92 Å². The molecule has 2 heterocycles. The van der Waals surface area contributed by atoms with Gasteiger partial charge in [0.25, 0.3) is 0 Å². The van der Waals surface area contributed by atoms with Gasteiger partial charge in [-0.25, -0.2) is 0 Å². The summed E-state index contributed by atoms with van der Waals surface area (Å²) in [4.78, 5) is 13.9. The molecule has 0 aromatic carbocycles. The molecule has 2 rings (SSSR count). The topological polar surface area (TPSA) is 32.9 Å². The van der Waals surface area contributed by atoms with E-state index in [4.69, 9.17) is 11.6 Å². The number of thiophene rings is 1. The van der Waals surface area contributed by atoms with Crippen molar-refractivity contribution >= 4 is 38.9 Å². The SMILES string of the molecule is CC(=O)c1cc2scc(Cl)c2[nH]1. The normalized spacial score (nSPS) is 10.8. The van der Waals surface area contributed by atoms with Gasteiger partial charge in [-0.1, -0.05) is 11.6 Å². The van der Waals surface area contributed by atoms with E-state index in [9.17, 15) is 4.79 Å². The number of aromatic amines is 1. The molecule has 0 unspecified atom stereocenters. The number of H-pyrrole nitrogens is 1. The van der Waals surface area contributed by atoms with E-state index in [-0.39, 0.29) is 5.78 Å². The summed E-state index contributed by atoms with van der Waals surface area (Å²) in [6.45, 7) is 1.53. The van der Waals surface area contributed by atoms with Crippen molar-refractivity contribution in [3.63, 3.8) is 0 Å². The third-order valence-electron chi connectivity index (χ3n) is 1.69. The molecule has 0 atom stereocenters. The molecule has 2 aromatic heterocycles. The maximum atomic E-state index is 11.0. The van der Waals surface area contributed by atoms with Crippen molar-refractivity contribution in [2.75, 3.05) is 0 Å². The van der Waals surface area contributed by atoms with E-state index in [2.05, 4.69) is 4.98 Å². The number of aromatic nitrogens is 1. The van der Waals surface area contributed by atoms with E-state index in [0.29, 0.717) is 10.7 Å². The molecular formula is C8H6ClNOS. The Labute approximate surface area is 78.2 Å². The number of Topliss-reactive ketones (excluding diaryl/α,β-unsaturated/α-hetero) is 1. The first-order chi connectivity index (χ1) is 5.68. The molecule has 62 valence electrons. The van der Waals surface area contributed by atoms with Gasteiger partial charge in [-0.15, -0.1) is 11.3 Å². The van der Waals surface area contributed by atoms with Gasteiger partial charge in [-0.3, -0.25) is 4.79 Å². The van der Waals surface area contributed by atoms with Crippen molar-refractivity contribution in [1.82, 2.24) is 4.98 Å². The van der Waals surface area contributed by atoms with E-state index in [1.807, 2.05) is 11.4 Å². The zero-order chi connectivity index (χ0) is 8.72. The summed E-state index contributed by atoms with van der Waals surface area (Å²) < 4.78 is 1.03. The van der Waals surface area contributed by atoms with Crippen LogP contribution in [0.3, 0.4) is 0 Å². The summed E-state index contributed by atoms with van der Waals surface area (Å²) in [6, 6.07) is 1.83. The van der Waals surface area contributed by atoms with Crippen molar-refractivity contribution in [3.05, 3.63) is 22.2 Å². The molecule has 2 aromatic rings. The third-order valence-corrected chi connectivity index (χ3v) is 3.05. The molecule has 0 radical (unpaired) electrons. The summed E-state index contributed by atoms with van der Waals surface area (Å²) in [5.74, 6) is 0.0365. The van der Waals surface area contributed by atoms with Crippen LogP contribution in [0.4, 0.5) is 0 Å². The fraction of sp³-hybridized carbons (Fsp3) is 0.125. The van der Waals surface area contributed by atoms with Gasteiger partial charge in [0.2, 0.25) is 0 Å². The molecule has 0 aliphatic carbocycles. The lowest BCUT2D eigenvalue weighted by Crippen LogP contribution is -1.90. The lowest BCUT2D eigenvalue weighted by molar-refractivity contribution is 0.101. The van der Waals surface area contributed by atoms with Crippen molar-refractivity contribution in [3.8, 4) is 0 Å². The number of carbonyl (C=O) groups is 1. The van der Waals surface area contributed by atoms with Gasteiger partial charge in [-0.05, 0) is 6.07 Å². The Kier molecular flexibility index (Phi) is 1.70. The Morgan fingerprint density at radius 2 is 2.42 bits per heavy atom. The molecule has 2 nitrogen and oxygen atoms in total. The zero-order valence-electron chi connectivity index (χ0n) is 6.35. The largest absolute Gasteiger partial charge is 0.350 e. The van der Waals surface area contributed by atoms with E-state index >= 15 is 0 Å². The van der Waals surface area contributed by atoms with Crippen LogP contribution in [0.2, 0.25) is 5.02 Å². The van der Waals surface area contributed by atoms with Gasteiger partial charge in [0, 0.05) is 12.3 Å².